The number of carbonyl (C=O) groups excluding carboxylic acids is 1. The number of nitrogens with zero attached hydrogens (tertiary/aromatic N) is 5. The highest BCUT2D eigenvalue weighted by Crippen LogP contribution is 2.33. The van der Waals surface area contributed by atoms with Gasteiger partial charge in [-0.1, -0.05) is 6.07 Å². The van der Waals surface area contributed by atoms with Crippen LogP contribution in [-0.2, 0) is 4.74 Å². The van der Waals surface area contributed by atoms with Crippen LogP contribution in [0.1, 0.15) is 6.92 Å². The summed E-state index contributed by atoms with van der Waals surface area (Å²) in [5, 5.41) is 2.05. The molecule has 0 aromatic carbocycles. The first-order chi connectivity index (χ1) is 13.8. The van der Waals surface area contributed by atoms with Crippen molar-refractivity contribution in [1.82, 2.24) is 19.9 Å². The van der Waals surface area contributed by atoms with E-state index in [-0.39, 0.29) is 6.09 Å². The van der Waals surface area contributed by atoms with Gasteiger partial charge in [0.2, 0.25) is 5.95 Å². The Bertz CT molecular complexity index is 925. The molecule has 1 amide bonds. The van der Waals surface area contributed by atoms with Gasteiger partial charge < -0.3 is 14.5 Å². The number of rotatable bonds is 4. The summed E-state index contributed by atoms with van der Waals surface area (Å²) < 4.78 is 5.09. The number of amides is 1. The Hall–Kier alpha value is -3.00. The standard InChI is InChI=1S/C20H21N5O2S/c1-2-27-20(26)25-11-9-24(10-12-25)19-22-14-16(15-5-7-21-8-6-15)18(23-19)17-4-3-13-28-17/h3-8,13-14H,2,9-12H2,1H3. The number of piperazine rings is 1. The summed E-state index contributed by atoms with van der Waals surface area (Å²) in [7, 11) is 0. The van der Waals surface area contributed by atoms with E-state index in [4.69, 9.17) is 9.72 Å². The third kappa shape index (κ3) is 3.82. The quantitative estimate of drug-likeness (QED) is 0.673. The second kappa shape index (κ2) is 8.35. The van der Waals surface area contributed by atoms with Crippen LogP contribution in [0.5, 0.6) is 0 Å². The van der Waals surface area contributed by atoms with Crippen LogP contribution in [0.2, 0.25) is 0 Å². The summed E-state index contributed by atoms with van der Waals surface area (Å²) in [5.41, 5.74) is 2.94. The van der Waals surface area contributed by atoms with Gasteiger partial charge in [-0.2, -0.15) is 0 Å². The predicted octanol–water partition coefficient (Wildman–Crippen LogP) is 3.55. The van der Waals surface area contributed by atoms with E-state index in [1.165, 1.54) is 0 Å². The zero-order chi connectivity index (χ0) is 19.3. The number of thiophene rings is 1. The van der Waals surface area contributed by atoms with Gasteiger partial charge in [0, 0.05) is 50.3 Å². The maximum atomic E-state index is 11.9. The Balaban J connectivity index is 1.60. The minimum atomic E-state index is -0.254. The molecule has 1 aliphatic heterocycles. The third-order valence-electron chi connectivity index (χ3n) is 4.61. The van der Waals surface area contributed by atoms with Crippen molar-refractivity contribution >= 4 is 23.4 Å². The van der Waals surface area contributed by atoms with E-state index in [0.29, 0.717) is 38.7 Å². The summed E-state index contributed by atoms with van der Waals surface area (Å²) in [5.74, 6) is 0.685. The molecule has 0 aliphatic carbocycles. The molecule has 0 spiro atoms. The molecule has 3 aromatic heterocycles. The van der Waals surface area contributed by atoms with E-state index in [1.807, 2.05) is 36.7 Å². The minimum absolute atomic E-state index is 0.254. The molecule has 3 aromatic rings. The van der Waals surface area contributed by atoms with Crippen molar-refractivity contribution in [2.75, 3.05) is 37.7 Å². The highest BCUT2D eigenvalue weighted by molar-refractivity contribution is 7.13. The molecular formula is C20H21N5O2S. The SMILES string of the molecule is CCOC(=O)N1CCN(c2ncc(-c3ccncc3)c(-c3cccs3)n2)CC1. The minimum Gasteiger partial charge on any atom is -0.450 e. The Morgan fingerprint density at radius 3 is 2.64 bits per heavy atom. The molecule has 1 fully saturated rings. The number of pyridine rings is 1. The lowest BCUT2D eigenvalue weighted by Crippen LogP contribution is -2.49. The van der Waals surface area contributed by atoms with Crippen LogP contribution in [0, 0.1) is 0 Å². The normalized spacial score (nSPS) is 14.2. The predicted molar refractivity (Wildman–Crippen MR) is 109 cm³/mol. The van der Waals surface area contributed by atoms with Gasteiger partial charge in [0.1, 0.15) is 0 Å². The Morgan fingerprint density at radius 2 is 1.96 bits per heavy atom. The molecule has 0 atom stereocenters. The lowest BCUT2D eigenvalue weighted by atomic mass is 10.1. The summed E-state index contributed by atoms with van der Waals surface area (Å²) in [6, 6.07) is 8.03. The van der Waals surface area contributed by atoms with Gasteiger partial charge in [-0.15, -0.1) is 11.3 Å². The summed E-state index contributed by atoms with van der Waals surface area (Å²) in [6.45, 7) is 4.76. The van der Waals surface area contributed by atoms with Crippen molar-refractivity contribution in [2.24, 2.45) is 0 Å². The first-order valence-electron chi connectivity index (χ1n) is 9.24. The molecule has 0 saturated carbocycles. The summed E-state index contributed by atoms with van der Waals surface area (Å²) in [6.07, 6.45) is 5.17. The summed E-state index contributed by atoms with van der Waals surface area (Å²) >= 11 is 1.66. The molecule has 4 heterocycles. The van der Waals surface area contributed by atoms with Crippen LogP contribution in [0.25, 0.3) is 21.7 Å². The highest BCUT2D eigenvalue weighted by Gasteiger charge is 2.24. The number of hydrogen-bond donors (Lipinski definition) is 0. The molecule has 28 heavy (non-hydrogen) atoms. The first-order valence-corrected chi connectivity index (χ1v) is 10.1. The van der Waals surface area contributed by atoms with Crippen molar-refractivity contribution in [3.63, 3.8) is 0 Å². The van der Waals surface area contributed by atoms with E-state index < -0.39 is 0 Å². The molecule has 0 N–H and O–H groups in total. The Morgan fingerprint density at radius 1 is 1.18 bits per heavy atom. The molecule has 8 heteroatoms. The second-order valence-corrected chi connectivity index (χ2v) is 7.27. The van der Waals surface area contributed by atoms with E-state index in [0.717, 1.165) is 21.7 Å². The molecule has 144 valence electrons. The van der Waals surface area contributed by atoms with E-state index in [1.54, 1.807) is 28.6 Å². The van der Waals surface area contributed by atoms with Gasteiger partial charge in [0.15, 0.2) is 0 Å². The molecule has 4 rings (SSSR count). The average molecular weight is 395 g/mol. The molecule has 0 bridgehead atoms. The van der Waals surface area contributed by atoms with Crippen LogP contribution in [0.15, 0.2) is 48.2 Å². The zero-order valence-electron chi connectivity index (χ0n) is 15.6. The number of carbonyl (C=O) groups is 1. The average Bonchev–Trinajstić information content (AvgIpc) is 3.29. The number of aromatic nitrogens is 3. The van der Waals surface area contributed by atoms with Crippen molar-refractivity contribution in [3.05, 3.63) is 48.2 Å². The molecule has 1 aliphatic rings. The molecule has 7 nitrogen and oxygen atoms in total. The smallest absolute Gasteiger partial charge is 0.409 e. The topological polar surface area (TPSA) is 71.5 Å². The molecule has 1 saturated heterocycles. The fraction of sp³-hybridized carbons (Fsp3) is 0.300. The Kier molecular flexibility index (Phi) is 5.48. The number of ether oxygens (including phenoxy) is 1. The highest BCUT2D eigenvalue weighted by atomic mass is 32.1. The summed E-state index contributed by atoms with van der Waals surface area (Å²) in [4.78, 5) is 30.5. The van der Waals surface area contributed by atoms with Crippen LogP contribution < -0.4 is 4.90 Å². The van der Waals surface area contributed by atoms with Crippen molar-refractivity contribution in [1.29, 1.82) is 0 Å². The van der Waals surface area contributed by atoms with E-state index >= 15 is 0 Å². The van der Waals surface area contributed by atoms with Crippen LogP contribution in [-0.4, -0.2) is 58.7 Å². The second-order valence-electron chi connectivity index (χ2n) is 6.32. The van der Waals surface area contributed by atoms with Gasteiger partial charge in [-0.25, -0.2) is 14.8 Å². The molecule has 0 unspecified atom stereocenters. The number of anilines is 1. The van der Waals surface area contributed by atoms with Gasteiger partial charge in [0.25, 0.3) is 0 Å². The molecular weight excluding hydrogens is 374 g/mol. The van der Waals surface area contributed by atoms with Gasteiger partial charge in [-0.3, -0.25) is 4.98 Å². The van der Waals surface area contributed by atoms with Crippen LogP contribution >= 0.6 is 11.3 Å². The van der Waals surface area contributed by atoms with E-state index in [2.05, 4.69) is 20.9 Å². The number of hydrogen-bond acceptors (Lipinski definition) is 7. The zero-order valence-corrected chi connectivity index (χ0v) is 16.4. The maximum absolute atomic E-state index is 11.9. The maximum Gasteiger partial charge on any atom is 0.409 e. The Labute approximate surface area is 167 Å². The fourth-order valence-corrected chi connectivity index (χ4v) is 3.90. The van der Waals surface area contributed by atoms with Crippen molar-refractivity contribution < 1.29 is 9.53 Å². The van der Waals surface area contributed by atoms with Crippen molar-refractivity contribution in [3.8, 4) is 21.7 Å². The monoisotopic (exact) mass is 395 g/mol. The van der Waals surface area contributed by atoms with Gasteiger partial charge in [-0.05, 0) is 36.1 Å². The third-order valence-corrected chi connectivity index (χ3v) is 5.49. The van der Waals surface area contributed by atoms with Crippen LogP contribution in [0.3, 0.4) is 0 Å². The largest absolute Gasteiger partial charge is 0.450 e. The lowest BCUT2D eigenvalue weighted by molar-refractivity contribution is 0.105. The van der Waals surface area contributed by atoms with Crippen LogP contribution in [0.4, 0.5) is 10.7 Å². The first kappa shape index (κ1) is 18.4. The molecule has 0 radical (unpaired) electrons. The fourth-order valence-electron chi connectivity index (χ4n) is 3.17. The van der Waals surface area contributed by atoms with Crippen molar-refractivity contribution in [2.45, 2.75) is 6.92 Å². The van der Waals surface area contributed by atoms with Gasteiger partial charge in [0.05, 0.1) is 17.2 Å². The van der Waals surface area contributed by atoms with E-state index in [9.17, 15) is 4.79 Å². The van der Waals surface area contributed by atoms with Gasteiger partial charge >= 0.3 is 6.09 Å². The lowest BCUT2D eigenvalue weighted by Gasteiger charge is -2.34.